The van der Waals surface area contributed by atoms with Crippen LogP contribution in [0, 0.1) is 5.92 Å². The van der Waals surface area contributed by atoms with Crippen LogP contribution >= 0.6 is 0 Å². The molecule has 1 aromatic rings. The monoisotopic (exact) mass is 248 g/mol. The van der Waals surface area contributed by atoms with Gasteiger partial charge < -0.3 is 11.1 Å². The molecule has 1 atom stereocenters. The van der Waals surface area contributed by atoms with Crippen molar-refractivity contribution in [2.75, 3.05) is 25.9 Å². The standard InChI is InChI=1S/C13H20N4O/c1-15-13(18)11-3-2-6-17(9-11)8-10-4-5-12(14)16-7-10/h4-5,7,11H,2-3,6,8-9H2,1H3,(H2,14,16)(H,15,18). The number of hydrogen-bond donors (Lipinski definition) is 2. The fourth-order valence-electron chi connectivity index (χ4n) is 2.40. The molecule has 1 aromatic heterocycles. The zero-order valence-corrected chi connectivity index (χ0v) is 10.7. The Bertz CT molecular complexity index is 404. The number of nitrogen functional groups attached to an aromatic ring is 1. The van der Waals surface area contributed by atoms with Gasteiger partial charge in [0.15, 0.2) is 0 Å². The molecule has 2 heterocycles. The van der Waals surface area contributed by atoms with Crippen LogP contribution in [0.2, 0.25) is 0 Å². The highest BCUT2D eigenvalue weighted by atomic mass is 16.1. The van der Waals surface area contributed by atoms with Crippen LogP contribution in [0.5, 0.6) is 0 Å². The van der Waals surface area contributed by atoms with Gasteiger partial charge in [-0.1, -0.05) is 6.07 Å². The molecule has 0 aromatic carbocycles. The van der Waals surface area contributed by atoms with E-state index in [1.807, 2.05) is 12.1 Å². The Morgan fingerprint density at radius 2 is 2.44 bits per heavy atom. The number of amides is 1. The number of hydrogen-bond acceptors (Lipinski definition) is 4. The first-order chi connectivity index (χ1) is 8.69. The van der Waals surface area contributed by atoms with E-state index in [9.17, 15) is 4.79 Å². The van der Waals surface area contributed by atoms with Gasteiger partial charge in [-0.3, -0.25) is 9.69 Å². The maximum atomic E-state index is 11.6. The van der Waals surface area contributed by atoms with Gasteiger partial charge in [-0.2, -0.15) is 0 Å². The van der Waals surface area contributed by atoms with Crippen LogP contribution in [-0.2, 0) is 11.3 Å². The number of likely N-dealkylation sites (tertiary alicyclic amines) is 1. The Balaban J connectivity index is 1.93. The maximum absolute atomic E-state index is 11.6. The molecule has 1 fully saturated rings. The van der Waals surface area contributed by atoms with Gasteiger partial charge in [0.1, 0.15) is 5.82 Å². The van der Waals surface area contributed by atoms with Gasteiger partial charge in [0, 0.05) is 26.3 Å². The van der Waals surface area contributed by atoms with E-state index in [1.165, 1.54) is 0 Å². The summed E-state index contributed by atoms with van der Waals surface area (Å²) in [6, 6.07) is 3.81. The molecule has 0 bridgehead atoms. The minimum atomic E-state index is 0.116. The van der Waals surface area contributed by atoms with Crippen LogP contribution in [-0.4, -0.2) is 35.9 Å². The summed E-state index contributed by atoms with van der Waals surface area (Å²) in [4.78, 5) is 18.0. The predicted octanol–water partition coefficient (Wildman–Crippen LogP) is 0.622. The van der Waals surface area contributed by atoms with E-state index < -0.39 is 0 Å². The third-order valence-electron chi connectivity index (χ3n) is 3.38. The number of piperidine rings is 1. The molecule has 0 saturated carbocycles. The van der Waals surface area contributed by atoms with Crippen molar-refractivity contribution in [3.8, 4) is 0 Å². The van der Waals surface area contributed by atoms with Crippen LogP contribution in [0.25, 0.3) is 0 Å². The molecule has 5 nitrogen and oxygen atoms in total. The number of nitrogens with two attached hydrogens (primary N) is 1. The van der Waals surface area contributed by atoms with E-state index in [0.29, 0.717) is 5.82 Å². The predicted molar refractivity (Wildman–Crippen MR) is 70.7 cm³/mol. The minimum Gasteiger partial charge on any atom is -0.384 e. The number of nitrogens with one attached hydrogen (secondary N) is 1. The van der Waals surface area contributed by atoms with Crippen molar-refractivity contribution < 1.29 is 4.79 Å². The summed E-state index contributed by atoms with van der Waals surface area (Å²) < 4.78 is 0. The maximum Gasteiger partial charge on any atom is 0.224 e. The van der Waals surface area contributed by atoms with E-state index in [2.05, 4.69) is 15.2 Å². The number of anilines is 1. The van der Waals surface area contributed by atoms with Gasteiger partial charge in [0.05, 0.1) is 5.92 Å². The second-order valence-corrected chi connectivity index (χ2v) is 4.78. The van der Waals surface area contributed by atoms with Crippen molar-refractivity contribution in [3.05, 3.63) is 23.9 Å². The molecule has 2 rings (SSSR count). The summed E-state index contributed by atoms with van der Waals surface area (Å²) >= 11 is 0. The van der Waals surface area contributed by atoms with Crippen LogP contribution in [0.3, 0.4) is 0 Å². The quantitative estimate of drug-likeness (QED) is 0.822. The molecule has 18 heavy (non-hydrogen) atoms. The molecule has 1 aliphatic rings. The lowest BCUT2D eigenvalue weighted by atomic mass is 9.97. The lowest BCUT2D eigenvalue weighted by Crippen LogP contribution is -2.41. The number of rotatable bonds is 3. The Morgan fingerprint density at radius 3 is 3.11 bits per heavy atom. The molecule has 5 heteroatoms. The largest absolute Gasteiger partial charge is 0.384 e. The van der Waals surface area contributed by atoms with Crippen LogP contribution in [0.15, 0.2) is 18.3 Å². The van der Waals surface area contributed by atoms with Gasteiger partial charge in [-0.25, -0.2) is 4.98 Å². The first-order valence-corrected chi connectivity index (χ1v) is 6.33. The molecule has 1 amide bonds. The van der Waals surface area contributed by atoms with Crippen molar-refractivity contribution in [2.45, 2.75) is 19.4 Å². The zero-order valence-electron chi connectivity index (χ0n) is 10.7. The molecular formula is C13H20N4O. The molecule has 1 unspecified atom stereocenters. The third kappa shape index (κ3) is 3.20. The lowest BCUT2D eigenvalue weighted by Gasteiger charge is -2.31. The average Bonchev–Trinajstić information content (AvgIpc) is 2.41. The topological polar surface area (TPSA) is 71.2 Å². The highest BCUT2D eigenvalue weighted by molar-refractivity contribution is 5.78. The molecule has 0 aliphatic carbocycles. The Hall–Kier alpha value is -1.62. The van der Waals surface area contributed by atoms with Crippen molar-refractivity contribution >= 4 is 11.7 Å². The molecule has 1 saturated heterocycles. The lowest BCUT2D eigenvalue weighted by molar-refractivity contribution is -0.126. The van der Waals surface area contributed by atoms with Crippen molar-refractivity contribution in [2.24, 2.45) is 5.92 Å². The Kier molecular flexibility index (Phi) is 4.15. The summed E-state index contributed by atoms with van der Waals surface area (Å²) in [5.41, 5.74) is 6.70. The second kappa shape index (κ2) is 5.82. The SMILES string of the molecule is CNC(=O)C1CCCN(Cc2ccc(N)nc2)C1. The van der Waals surface area contributed by atoms with E-state index in [0.717, 1.165) is 38.0 Å². The van der Waals surface area contributed by atoms with Gasteiger partial charge in [-0.15, -0.1) is 0 Å². The Labute approximate surface area is 107 Å². The van der Waals surface area contributed by atoms with E-state index >= 15 is 0 Å². The normalized spacial score (nSPS) is 20.6. The van der Waals surface area contributed by atoms with Crippen LogP contribution < -0.4 is 11.1 Å². The number of carbonyl (C=O) groups excluding carboxylic acids is 1. The summed E-state index contributed by atoms with van der Waals surface area (Å²) in [6.45, 7) is 2.70. The van der Waals surface area contributed by atoms with Gasteiger partial charge in [0.25, 0.3) is 0 Å². The van der Waals surface area contributed by atoms with Gasteiger partial charge in [-0.05, 0) is 31.0 Å². The number of aromatic nitrogens is 1. The zero-order chi connectivity index (χ0) is 13.0. The van der Waals surface area contributed by atoms with Crippen molar-refractivity contribution in [1.82, 2.24) is 15.2 Å². The highest BCUT2D eigenvalue weighted by Gasteiger charge is 2.24. The third-order valence-corrected chi connectivity index (χ3v) is 3.38. The first-order valence-electron chi connectivity index (χ1n) is 6.33. The van der Waals surface area contributed by atoms with E-state index in [-0.39, 0.29) is 11.8 Å². The molecular weight excluding hydrogens is 228 g/mol. The van der Waals surface area contributed by atoms with Crippen LogP contribution in [0.1, 0.15) is 18.4 Å². The fourth-order valence-corrected chi connectivity index (χ4v) is 2.40. The summed E-state index contributed by atoms with van der Waals surface area (Å²) in [6.07, 6.45) is 3.86. The van der Waals surface area contributed by atoms with E-state index in [1.54, 1.807) is 13.2 Å². The fraction of sp³-hybridized carbons (Fsp3) is 0.538. The average molecular weight is 248 g/mol. The molecule has 98 valence electrons. The van der Waals surface area contributed by atoms with Crippen molar-refractivity contribution in [1.29, 1.82) is 0 Å². The number of nitrogens with zero attached hydrogens (tertiary/aromatic N) is 2. The molecule has 0 radical (unpaired) electrons. The van der Waals surface area contributed by atoms with Gasteiger partial charge >= 0.3 is 0 Å². The van der Waals surface area contributed by atoms with Crippen molar-refractivity contribution in [3.63, 3.8) is 0 Å². The minimum absolute atomic E-state index is 0.116. The van der Waals surface area contributed by atoms with Crippen LogP contribution in [0.4, 0.5) is 5.82 Å². The van der Waals surface area contributed by atoms with Gasteiger partial charge in [0.2, 0.25) is 5.91 Å². The molecule has 1 aliphatic heterocycles. The number of carbonyl (C=O) groups is 1. The smallest absolute Gasteiger partial charge is 0.224 e. The Morgan fingerprint density at radius 1 is 1.61 bits per heavy atom. The number of pyridine rings is 1. The first kappa shape index (κ1) is 12.8. The molecule has 3 N–H and O–H groups in total. The molecule has 0 spiro atoms. The summed E-state index contributed by atoms with van der Waals surface area (Å²) in [5.74, 6) is 0.807. The summed E-state index contributed by atoms with van der Waals surface area (Å²) in [5, 5.41) is 2.73. The second-order valence-electron chi connectivity index (χ2n) is 4.78. The summed E-state index contributed by atoms with van der Waals surface area (Å²) in [7, 11) is 1.70. The van der Waals surface area contributed by atoms with E-state index in [4.69, 9.17) is 5.73 Å². The highest BCUT2D eigenvalue weighted by Crippen LogP contribution is 2.18.